The van der Waals surface area contributed by atoms with E-state index in [0.717, 1.165) is 5.69 Å². The van der Waals surface area contributed by atoms with Crippen LogP contribution in [0.25, 0.3) is 0 Å². The minimum atomic E-state index is -0.683. The molecule has 0 heterocycles. The molecule has 0 saturated heterocycles. The maximum Gasteiger partial charge on any atom is 0.126 e. The molecule has 0 saturated carbocycles. The third-order valence-electron chi connectivity index (χ3n) is 3.24. The Morgan fingerprint density at radius 2 is 1.90 bits per heavy atom. The number of methoxy groups -OCH3 is 1. The van der Waals surface area contributed by atoms with Gasteiger partial charge >= 0.3 is 0 Å². The van der Waals surface area contributed by atoms with Crippen LogP contribution in [-0.2, 0) is 0 Å². The second-order valence-electron chi connectivity index (χ2n) is 4.61. The lowest BCUT2D eigenvalue weighted by Crippen LogP contribution is -2.13. The van der Waals surface area contributed by atoms with Gasteiger partial charge in [0.25, 0.3) is 0 Å². The molecule has 0 aliphatic heterocycles. The van der Waals surface area contributed by atoms with Crippen molar-refractivity contribution in [2.24, 2.45) is 0 Å². The van der Waals surface area contributed by atoms with Gasteiger partial charge in [-0.05, 0) is 37.3 Å². The highest BCUT2D eigenvalue weighted by atomic mass is 19.1. The third kappa shape index (κ3) is 2.75. The highest BCUT2D eigenvalue weighted by Crippen LogP contribution is 2.37. The summed E-state index contributed by atoms with van der Waals surface area (Å²) in [6.07, 6.45) is -0.683. The molecule has 0 fully saturated rings. The predicted molar refractivity (Wildman–Crippen MR) is 78.1 cm³/mol. The van der Waals surface area contributed by atoms with E-state index in [-0.39, 0.29) is 5.82 Å². The van der Waals surface area contributed by atoms with E-state index in [9.17, 15) is 9.50 Å². The Morgan fingerprint density at radius 3 is 2.50 bits per heavy atom. The number of benzene rings is 2. The predicted octanol–water partition coefficient (Wildman–Crippen LogP) is 3.66. The SMILES string of the molecule is COc1cccc(N(C)c2cccc(F)c2)c1C(C)O. The summed E-state index contributed by atoms with van der Waals surface area (Å²) in [5, 5.41) is 9.99. The Balaban J connectivity index is 2.52. The first-order valence-electron chi connectivity index (χ1n) is 6.39. The fourth-order valence-corrected chi connectivity index (χ4v) is 2.25. The average Bonchev–Trinajstić information content (AvgIpc) is 2.45. The monoisotopic (exact) mass is 275 g/mol. The van der Waals surface area contributed by atoms with Gasteiger partial charge in [0.05, 0.1) is 18.9 Å². The van der Waals surface area contributed by atoms with Crippen molar-refractivity contribution in [1.29, 1.82) is 0 Å². The van der Waals surface area contributed by atoms with Crippen LogP contribution in [0.15, 0.2) is 42.5 Å². The van der Waals surface area contributed by atoms with E-state index >= 15 is 0 Å². The average molecular weight is 275 g/mol. The normalized spacial score (nSPS) is 12.1. The van der Waals surface area contributed by atoms with Crippen molar-refractivity contribution in [3.63, 3.8) is 0 Å². The molecule has 20 heavy (non-hydrogen) atoms. The van der Waals surface area contributed by atoms with Gasteiger partial charge in [0.1, 0.15) is 11.6 Å². The second kappa shape index (κ2) is 5.92. The first kappa shape index (κ1) is 14.3. The first-order valence-corrected chi connectivity index (χ1v) is 6.39. The van der Waals surface area contributed by atoms with Crippen LogP contribution in [0.5, 0.6) is 5.75 Å². The molecule has 0 aromatic heterocycles. The number of aliphatic hydroxyl groups excluding tert-OH is 1. The first-order chi connectivity index (χ1) is 9.54. The molecule has 106 valence electrons. The van der Waals surface area contributed by atoms with Crippen LogP contribution in [0.3, 0.4) is 0 Å². The minimum absolute atomic E-state index is 0.296. The van der Waals surface area contributed by atoms with Crippen molar-refractivity contribution in [3.05, 3.63) is 53.8 Å². The van der Waals surface area contributed by atoms with Crippen molar-refractivity contribution >= 4 is 11.4 Å². The summed E-state index contributed by atoms with van der Waals surface area (Å²) >= 11 is 0. The summed E-state index contributed by atoms with van der Waals surface area (Å²) in [5.74, 6) is 0.316. The topological polar surface area (TPSA) is 32.7 Å². The van der Waals surface area contributed by atoms with E-state index in [1.807, 2.05) is 30.1 Å². The Kier molecular flexibility index (Phi) is 4.25. The van der Waals surface area contributed by atoms with Crippen molar-refractivity contribution in [2.45, 2.75) is 13.0 Å². The Labute approximate surface area is 118 Å². The molecule has 4 heteroatoms. The Hall–Kier alpha value is -2.07. The summed E-state index contributed by atoms with van der Waals surface area (Å²) in [7, 11) is 3.39. The number of hydrogen-bond donors (Lipinski definition) is 1. The lowest BCUT2D eigenvalue weighted by atomic mass is 10.1. The number of aliphatic hydroxyl groups is 1. The van der Waals surface area contributed by atoms with Crippen molar-refractivity contribution in [3.8, 4) is 5.75 Å². The third-order valence-corrected chi connectivity index (χ3v) is 3.24. The van der Waals surface area contributed by atoms with E-state index < -0.39 is 6.10 Å². The van der Waals surface area contributed by atoms with Gasteiger partial charge in [0.2, 0.25) is 0 Å². The summed E-state index contributed by atoms with van der Waals surface area (Å²) in [6.45, 7) is 1.68. The molecule has 0 bridgehead atoms. The smallest absolute Gasteiger partial charge is 0.126 e. The van der Waals surface area contributed by atoms with E-state index in [4.69, 9.17) is 4.74 Å². The van der Waals surface area contributed by atoms with Crippen molar-refractivity contribution < 1.29 is 14.2 Å². The van der Waals surface area contributed by atoms with Gasteiger partial charge in [-0.2, -0.15) is 0 Å². The van der Waals surface area contributed by atoms with Gasteiger partial charge in [-0.25, -0.2) is 4.39 Å². The number of halogens is 1. The van der Waals surface area contributed by atoms with Gasteiger partial charge in [-0.1, -0.05) is 12.1 Å². The van der Waals surface area contributed by atoms with Crippen LogP contribution in [0, 0.1) is 5.82 Å². The summed E-state index contributed by atoms with van der Waals surface area (Å²) in [5.41, 5.74) is 2.17. The zero-order valence-electron chi connectivity index (χ0n) is 11.8. The molecule has 0 aliphatic carbocycles. The standard InChI is InChI=1S/C16H18FNO2/c1-11(19)16-14(8-5-9-15(16)20-3)18(2)13-7-4-6-12(17)10-13/h4-11,19H,1-3H3. The molecule has 0 radical (unpaired) electrons. The van der Waals surface area contributed by atoms with Gasteiger partial charge in [-0.3, -0.25) is 0 Å². The summed E-state index contributed by atoms with van der Waals surface area (Å²) in [4.78, 5) is 1.83. The maximum atomic E-state index is 13.3. The molecule has 2 rings (SSSR count). The van der Waals surface area contributed by atoms with Crippen LogP contribution < -0.4 is 9.64 Å². The Bertz CT molecular complexity index is 599. The van der Waals surface area contributed by atoms with Crippen LogP contribution >= 0.6 is 0 Å². The molecule has 1 unspecified atom stereocenters. The van der Waals surface area contributed by atoms with E-state index in [1.165, 1.54) is 12.1 Å². The summed E-state index contributed by atoms with van der Waals surface area (Å²) < 4.78 is 18.6. The van der Waals surface area contributed by atoms with Crippen molar-refractivity contribution in [2.75, 3.05) is 19.1 Å². The zero-order valence-corrected chi connectivity index (χ0v) is 11.8. The van der Waals surface area contributed by atoms with Crippen LogP contribution in [0.4, 0.5) is 15.8 Å². The molecule has 0 amide bonds. The van der Waals surface area contributed by atoms with Gasteiger partial charge < -0.3 is 14.7 Å². The van der Waals surface area contributed by atoms with Crippen LogP contribution in [0.2, 0.25) is 0 Å². The maximum absolute atomic E-state index is 13.3. The number of ether oxygens (including phenoxy) is 1. The quantitative estimate of drug-likeness (QED) is 0.924. The molecule has 2 aromatic rings. The van der Waals surface area contributed by atoms with E-state index in [1.54, 1.807) is 26.2 Å². The highest BCUT2D eigenvalue weighted by molar-refractivity contribution is 5.69. The van der Waals surface area contributed by atoms with E-state index in [0.29, 0.717) is 17.0 Å². The number of rotatable bonds is 4. The highest BCUT2D eigenvalue weighted by Gasteiger charge is 2.17. The fraction of sp³-hybridized carbons (Fsp3) is 0.250. The molecule has 1 atom stereocenters. The van der Waals surface area contributed by atoms with Gasteiger partial charge in [-0.15, -0.1) is 0 Å². The van der Waals surface area contributed by atoms with Crippen molar-refractivity contribution in [1.82, 2.24) is 0 Å². The molecular formula is C16H18FNO2. The van der Waals surface area contributed by atoms with E-state index in [2.05, 4.69) is 0 Å². The largest absolute Gasteiger partial charge is 0.496 e. The minimum Gasteiger partial charge on any atom is -0.496 e. The Morgan fingerprint density at radius 1 is 1.20 bits per heavy atom. The lowest BCUT2D eigenvalue weighted by molar-refractivity contribution is 0.195. The number of nitrogens with zero attached hydrogens (tertiary/aromatic N) is 1. The molecule has 3 nitrogen and oxygen atoms in total. The number of anilines is 2. The van der Waals surface area contributed by atoms with Gasteiger partial charge in [0.15, 0.2) is 0 Å². The second-order valence-corrected chi connectivity index (χ2v) is 4.61. The number of hydrogen-bond acceptors (Lipinski definition) is 3. The fourth-order valence-electron chi connectivity index (χ4n) is 2.25. The van der Waals surface area contributed by atoms with Crippen LogP contribution in [0.1, 0.15) is 18.6 Å². The summed E-state index contributed by atoms with van der Waals surface area (Å²) in [6, 6.07) is 11.8. The van der Waals surface area contributed by atoms with Gasteiger partial charge in [0, 0.05) is 18.3 Å². The zero-order chi connectivity index (χ0) is 14.7. The molecule has 0 spiro atoms. The molecular weight excluding hydrogens is 257 g/mol. The molecule has 0 aliphatic rings. The molecule has 1 N–H and O–H groups in total. The molecule has 2 aromatic carbocycles. The lowest BCUT2D eigenvalue weighted by Gasteiger charge is -2.25. The van der Waals surface area contributed by atoms with Crippen LogP contribution in [-0.4, -0.2) is 19.3 Å².